The first-order valence-electron chi connectivity index (χ1n) is 9.62. The molecule has 0 aromatic heterocycles. The molecule has 1 aliphatic carbocycles. The number of likely N-dealkylation sites (N-methyl/N-ethyl adjacent to an activating group) is 1. The second-order valence-corrected chi connectivity index (χ2v) is 9.28. The van der Waals surface area contributed by atoms with E-state index in [9.17, 15) is 5.11 Å². The Kier molecular flexibility index (Phi) is 6.22. The highest BCUT2D eigenvalue weighted by Gasteiger charge is 2.54. The molecule has 27 heavy (non-hydrogen) atoms. The molecule has 0 amide bonds. The minimum atomic E-state index is -0.887. The standard InChI is InChI=1S/C23H29Cl2NO/c1-22(15-17-8-5-4-6-9-17)13-7-10-21(26(2)3)23(22,27)16-18-11-12-19(24)14-20(18)25/h4-6,8-9,11-12,14,21,27H,7,10,13,15-16H2,1-3H3. The Hall–Kier alpha value is -1.06. The summed E-state index contributed by atoms with van der Waals surface area (Å²) in [7, 11) is 4.13. The Morgan fingerprint density at radius 1 is 1.07 bits per heavy atom. The molecule has 0 heterocycles. The Morgan fingerprint density at radius 2 is 1.78 bits per heavy atom. The van der Waals surface area contributed by atoms with Gasteiger partial charge in [-0.05, 0) is 56.6 Å². The maximum Gasteiger partial charge on any atom is 0.0898 e. The van der Waals surface area contributed by atoms with Gasteiger partial charge in [0, 0.05) is 27.9 Å². The van der Waals surface area contributed by atoms with E-state index < -0.39 is 5.60 Å². The third-order valence-electron chi connectivity index (χ3n) is 6.34. The average molecular weight is 406 g/mol. The van der Waals surface area contributed by atoms with Crippen LogP contribution in [-0.4, -0.2) is 35.7 Å². The van der Waals surface area contributed by atoms with Crippen molar-refractivity contribution in [2.24, 2.45) is 5.41 Å². The number of benzene rings is 2. The molecule has 3 unspecified atom stereocenters. The van der Waals surface area contributed by atoms with Crippen LogP contribution in [0.3, 0.4) is 0 Å². The van der Waals surface area contributed by atoms with Crippen LogP contribution in [0.15, 0.2) is 48.5 Å². The molecule has 2 aromatic rings. The van der Waals surface area contributed by atoms with Crippen LogP contribution in [0.2, 0.25) is 10.0 Å². The molecule has 146 valence electrons. The van der Waals surface area contributed by atoms with E-state index in [0.717, 1.165) is 31.2 Å². The lowest BCUT2D eigenvalue weighted by Crippen LogP contribution is -2.64. The zero-order chi connectivity index (χ0) is 19.7. The fourth-order valence-corrected chi connectivity index (χ4v) is 5.28. The number of aliphatic hydroxyl groups is 1. The van der Waals surface area contributed by atoms with Gasteiger partial charge in [-0.2, -0.15) is 0 Å². The second-order valence-electron chi connectivity index (χ2n) is 8.43. The lowest BCUT2D eigenvalue weighted by molar-refractivity contribution is -0.149. The number of halogens is 2. The molecule has 2 nitrogen and oxygen atoms in total. The monoisotopic (exact) mass is 405 g/mol. The van der Waals surface area contributed by atoms with Crippen LogP contribution in [0.25, 0.3) is 0 Å². The molecule has 0 aliphatic heterocycles. The normalized spacial score (nSPS) is 28.5. The maximum absolute atomic E-state index is 12.2. The first-order chi connectivity index (χ1) is 12.7. The van der Waals surface area contributed by atoms with Gasteiger partial charge in [0.05, 0.1) is 5.60 Å². The second kappa shape index (κ2) is 8.13. The Labute approximate surface area is 173 Å². The molecular weight excluding hydrogens is 377 g/mol. The predicted octanol–water partition coefficient (Wildman–Crippen LogP) is 5.63. The fraction of sp³-hybridized carbons (Fsp3) is 0.478. The molecule has 1 saturated carbocycles. The van der Waals surface area contributed by atoms with Gasteiger partial charge < -0.3 is 10.0 Å². The summed E-state index contributed by atoms with van der Waals surface area (Å²) in [6.45, 7) is 2.24. The highest BCUT2D eigenvalue weighted by molar-refractivity contribution is 6.35. The van der Waals surface area contributed by atoms with E-state index in [4.69, 9.17) is 23.2 Å². The molecule has 0 bridgehead atoms. The minimum Gasteiger partial charge on any atom is -0.387 e. The van der Waals surface area contributed by atoms with Crippen molar-refractivity contribution in [3.05, 3.63) is 69.7 Å². The largest absolute Gasteiger partial charge is 0.387 e. The van der Waals surface area contributed by atoms with Crippen molar-refractivity contribution in [2.45, 2.75) is 50.7 Å². The van der Waals surface area contributed by atoms with Gasteiger partial charge >= 0.3 is 0 Å². The van der Waals surface area contributed by atoms with Crippen LogP contribution >= 0.6 is 23.2 Å². The molecule has 1 fully saturated rings. The quantitative estimate of drug-likeness (QED) is 0.696. The van der Waals surface area contributed by atoms with Crippen molar-refractivity contribution in [1.29, 1.82) is 0 Å². The summed E-state index contributed by atoms with van der Waals surface area (Å²) in [5.74, 6) is 0. The van der Waals surface area contributed by atoms with Crippen molar-refractivity contribution in [3.63, 3.8) is 0 Å². The molecule has 1 aliphatic rings. The third-order valence-corrected chi connectivity index (χ3v) is 6.93. The van der Waals surface area contributed by atoms with Gasteiger partial charge in [0.1, 0.15) is 0 Å². The summed E-state index contributed by atoms with van der Waals surface area (Å²) in [5.41, 5.74) is 1.09. The van der Waals surface area contributed by atoms with E-state index in [1.54, 1.807) is 6.07 Å². The van der Waals surface area contributed by atoms with Gasteiger partial charge in [0.15, 0.2) is 0 Å². The molecule has 0 saturated heterocycles. The lowest BCUT2D eigenvalue weighted by Gasteiger charge is -2.55. The number of nitrogens with zero attached hydrogens (tertiary/aromatic N) is 1. The van der Waals surface area contributed by atoms with Gasteiger partial charge in [0.25, 0.3) is 0 Å². The first-order valence-corrected chi connectivity index (χ1v) is 10.4. The van der Waals surface area contributed by atoms with Gasteiger partial charge in [0.2, 0.25) is 0 Å². The van der Waals surface area contributed by atoms with E-state index in [2.05, 4.69) is 50.2 Å². The Bertz CT molecular complexity index is 779. The molecule has 3 atom stereocenters. The smallest absolute Gasteiger partial charge is 0.0898 e. The summed E-state index contributed by atoms with van der Waals surface area (Å²) in [5, 5.41) is 13.4. The van der Waals surface area contributed by atoms with Crippen LogP contribution < -0.4 is 0 Å². The van der Waals surface area contributed by atoms with Gasteiger partial charge in [-0.3, -0.25) is 0 Å². The van der Waals surface area contributed by atoms with Crippen LogP contribution in [0, 0.1) is 5.41 Å². The number of hydrogen-bond donors (Lipinski definition) is 1. The molecule has 2 aromatic carbocycles. The highest BCUT2D eigenvalue weighted by Crippen LogP contribution is 2.50. The molecule has 0 radical (unpaired) electrons. The highest BCUT2D eigenvalue weighted by atomic mass is 35.5. The zero-order valence-electron chi connectivity index (χ0n) is 16.4. The summed E-state index contributed by atoms with van der Waals surface area (Å²) in [4.78, 5) is 2.17. The molecule has 1 N–H and O–H groups in total. The summed E-state index contributed by atoms with van der Waals surface area (Å²) in [6, 6.07) is 16.1. The van der Waals surface area contributed by atoms with Crippen molar-refractivity contribution in [1.82, 2.24) is 4.90 Å². The lowest BCUT2D eigenvalue weighted by atomic mass is 9.57. The minimum absolute atomic E-state index is 0.0757. The third kappa shape index (κ3) is 4.19. The van der Waals surface area contributed by atoms with Gasteiger partial charge in [-0.15, -0.1) is 0 Å². The van der Waals surface area contributed by atoms with E-state index in [0.29, 0.717) is 16.5 Å². The molecule has 4 heteroatoms. The fourth-order valence-electron chi connectivity index (χ4n) is 4.80. The zero-order valence-corrected chi connectivity index (χ0v) is 17.9. The Morgan fingerprint density at radius 3 is 2.41 bits per heavy atom. The van der Waals surface area contributed by atoms with Crippen molar-refractivity contribution in [3.8, 4) is 0 Å². The van der Waals surface area contributed by atoms with Crippen LogP contribution in [0.5, 0.6) is 0 Å². The van der Waals surface area contributed by atoms with Crippen LogP contribution in [-0.2, 0) is 12.8 Å². The van der Waals surface area contributed by atoms with E-state index in [1.165, 1.54) is 5.56 Å². The SMILES string of the molecule is CN(C)C1CCCC(C)(Cc2ccccc2)C1(O)Cc1ccc(Cl)cc1Cl. The molecular formula is C23H29Cl2NO. The van der Waals surface area contributed by atoms with E-state index in [1.807, 2.05) is 18.2 Å². The van der Waals surface area contributed by atoms with Crippen molar-refractivity contribution in [2.75, 3.05) is 14.1 Å². The topological polar surface area (TPSA) is 23.5 Å². The summed E-state index contributed by atoms with van der Waals surface area (Å²) >= 11 is 12.6. The average Bonchev–Trinajstić information content (AvgIpc) is 2.61. The van der Waals surface area contributed by atoms with Gasteiger partial charge in [-0.25, -0.2) is 0 Å². The van der Waals surface area contributed by atoms with Crippen LogP contribution in [0.1, 0.15) is 37.3 Å². The number of hydrogen-bond acceptors (Lipinski definition) is 2. The summed E-state index contributed by atoms with van der Waals surface area (Å²) < 4.78 is 0. The van der Waals surface area contributed by atoms with Crippen molar-refractivity contribution < 1.29 is 5.11 Å². The first kappa shape index (κ1) is 20.7. The maximum atomic E-state index is 12.2. The van der Waals surface area contributed by atoms with E-state index >= 15 is 0 Å². The van der Waals surface area contributed by atoms with Crippen molar-refractivity contribution >= 4 is 23.2 Å². The van der Waals surface area contributed by atoms with Gasteiger partial charge in [-0.1, -0.05) is 72.9 Å². The van der Waals surface area contributed by atoms with Crippen LogP contribution in [0.4, 0.5) is 0 Å². The predicted molar refractivity (Wildman–Crippen MR) is 115 cm³/mol. The molecule has 0 spiro atoms. The Balaban J connectivity index is 2.01. The van der Waals surface area contributed by atoms with E-state index in [-0.39, 0.29) is 11.5 Å². The number of rotatable bonds is 5. The molecule has 3 rings (SSSR count). The summed E-state index contributed by atoms with van der Waals surface area (Å²) in [6.07, 6.45) is 4.46.